The van der Waals surface area contributed by atoms with Crippen molar-refractivity contribution in [3.05, 3.63) is 70.8 Å². The molecule has 0 spiro atoms. The topological polar surface area (TPSA) is 58.2 Å². The van der Waals surface area contributed by atoms with Gasteiger partial charge in [-0.2, -0.15) is 0 Å². The summed E-state index contributed by atoms with van der Waals surface area (Å²) in [6, 6.07) is 14.8. The first-order chi connectivity index (χ1) is 10.0. The van der Waals surface area contributed by atoms with Crippen LogP contribution in [0.25, 0.3) is 0 Å². The van der Waals surface area contributed by atoms with Crippen LogP contribution in [0.2, 0.25) is 0 Å². The highest BCUT2D eigenvalue weighted by atomic mass is 16.2. The fourth-order valence-corrected chi connectivity index (χ4v) is 2.83. The summed E-state index contributed by atoms with van der Waals surface area (Å²) in [5, 5.41) is 5.18. The molecule has 106 valence electrons. The maximum Gasteiger partial charge on any atom is 0.322 e. The standard InChI is InChI=1S/C17H16N2O2/c1-11-8-9-12(2)14(10-11)17(13-6-4-3-5-7-13)15(20)18-16(21)19-17/h3-10H,1-2H3,(H2,18,19,20,21). The summed E-state index contributed by atoms with van der Waals surface area (Å²) in [4.78, 5) is 24.3. The monoisotopic (exact) mass is 280 g/mol. The van der Waals surface area contributed by atoms with Crippen LogP contribution in [0.15, 0.2) is 48.5 Å². The summed E-state index contributed by atoms with van der Waals surface area (Å²) in [6.45, 7) is 3.91. The van der Waals surface area contributed by atoms with E-state index in [0.29, 0.717) is 0 Å². The van der Waals surface area contributed by atoms with Crippen molar-refractivity contribution in [1.82, 2.24) is 10.6 Å². The zero-order valence-corrected chi connectivity index (χ0v) is 11.9. The lowest BCUT2D eigenvalue weighted by atomic mass is 9.80. The lowest BCUT2D eigenvalue weighted by molar-refractivity contribution is -0.122. The van der Waals surface area contributed by atoms with Crippen molar-refractivity contribution in [2.24, 2.45) is 0 Å². The van der Waals surface area contributed by atoms with Crippen molar-refractivity contribution in [1.29, 1.82) is 0 Å². The molecule has 4 heteroatoms. The van der Waals surface area contributed by atoms with Gasteiger partial charge in [-0.1, -0.05) is 54.1 Å². The van der Waals surface area contributed by atoms with Gasteiger partial charge in [0.2, 0.25) is 0 Å². The summed E-state index contributed by atoms with van der Waals surface area (Å²) in [5.74, 6) is -0.340. The van der Waals surface area contributed by atoms with Gasteiger partial charge in [0, 0.05) is 0 Å². The Balaban J connectivity index is 2.30. The Kier molecular flexibility index (Phi) is 3.01. The average Bonchev–Trinajstić information content (AvgIpc) is 2.78. The van der Waals surface area contributed by atoms with Crippen molar-refractivity contribution in [2.75, 3.05) is 0 Å². The van der Waals surface area contributed by atoms with E-state index in [-0.39, 0.29) is 5.91 Å². The van der Waals surface area contributed by atoms with E-state index in [0.717, 1.165) is 22.3 Å². The highest BCUT2D eigenvalue weighted by Gasteiger charge is 2.49. The molecule has 1 aliphatic heterocycles. The molecule has 1 unspecified atom stereocenters. The fourth-order valence-electron chi connectivity index (χ4n) is 2.83. The Labute approximate surface area is 123 Å². The first-order valence-electron chi connectivity index (χ1n) is 6.81. The Morgan fingerprint density at radius 2 is 1.67 bits per heavy atom. The van der Waals surface area contributed by atoms with Crippen molar-refractivity contribution in [2.45, 2.75) is 19.4 Å². The number of carbonyl (C=O) groups is 2. The molecule has 1 aliphatic rings. The Bertz CT molecular complexity index is 725. The minimum atomic E-state index is -1.16. The summed E-state index contributed by atoms with van der Waals surface area (Å²) in [5.41, 5.74) is 2.40. The smallest absolute Gasteiger partial charge is 0.316 e. The van der Waals surface area contributed by atoms with Gasteiger partial charge >= 0.3 is 6.03 Å². The third kappa shape index (κ3) is 2.00. The van der Waals surface area contributed by atoms with Crippen LogP contribution in [-0.2, 0) is 10.3 Å². The number of hydrogen-bond donors (Lipinski definition) is 2. The van der Waals surface area contributed by atoms with Crippen LogP contribution in [0, 0.1) is 13.8 Å². The largest absolute Gasteiger partial charge is 0.322 e. The van der Waals surface area contributed by atoms with Crippen molar-refractivity contribution in [3.63, 3.8) is 0 Å². The van der Waals surface area contributed by atoms with Crippen LogP contribution >= 0.6 is 0 Å². The van der Waals surface area contributed by atoms with E-state index in [4.69, 9.17) is 0 Å². The highest BCUT2D eigenvalue weighted by Crippen LogP contribution is 2.35. The van der Waals surface area contributed by atoms with Gasteiger partial charge in [0.25, 0.3) is 5.91 Å². The second-order valence-corrected chi connectivity index (χ2v) is 5.34. The van der Waals surface area contributed by atoms with Gasteiger partial charge in [-0.15, -0.1) is 0 Å². The molecule has 3 rings (SSSR count). The number of amides is 3. The number of aryl methyl sites for hydroxylation is 2. The molecule has 0 radical (unpaired) electrons. The molecular weight excluding hydrogens is 264 g/mol. The molecule has 21 heavy (non-hydrogen) atoms. The van der Waals surface area contributed by atoms with E-state index in [9.17, 15) is 9.59 Å². The van der Waals surface area contributed by atoms with Crippen molar-refractivity contribution < 1.29 is 9.59 Å². The van der Waals surface area contributed by atoms with Gasteiger partial charge in [0.15, 0.2) is 5.54 Å². The minimum absolute atomic E-state index is 0.340. The number of nitrogens with one attached hydrogen (secondary N) is 2. The number of imide groups is 1. The second-order valence-electron chi connectivity index (χ2n) is 5.34. The van der Waals surface area contributed by atoms with Gasteiger partial charge in [0.05, 0.1) is 0 Å². The van der Waals surface area contributed by atoms with Gasteiger partial charge in [-0.05, 0) is 30.5 Å². The molecule has 3 amide bonds. The molecule has 1 fully saturated rings. The maximum atomic E-state index is 12.6. The SMILES string of the molecule is Cc1ccc(C)c(C2(c3ccccc3)NC(=O)NC2=O)c1. The number of rotatable bonds is 2. The molecule has 0 saturated carbocycles. The Morgan fingerprint density at radius 1 is 0.952 bits per heavy atom. The van der Waals surface area contributed by atoms with Crippen LogP contribution in [0.4, 0.5) is 4.79 Å². The Hall–Kier alpha value is -2.62. The number of urea groups is 1. The van der Waals surface area contributed by atoms with Crippen LogP contribution < -0.4 is 10.6 Å². The van der Waals surface area contributed by atoms with Crippen LogP contribution in [0.1, 0.15) is 22.3 Å². The molecule has 2 N–H and O–H groups in total. The van der Waals surface area contributed by atoms with E-state index in [1.54, 1.807) is 0 Å². The third-order valence-corrected chi connectivity index (χ3v) is 3.87. The number of carbonyl (C=O) groups excluding carboxylic acids is 2. The first-order valence-corrected chi connectivity index (χ1v) is 6.81. The summed E-state index contributed by atoms with van der Waals surface area (Å²) >= 11 is 0. The fraction of sp³-hybridized carbons (Fsp3) is 0.176. The van der Waals surface area contributed by atoms with E-state index in [1.807, 2.05) is 62.4 Å². The highest BCUT2D eigenvalue weighted by molar-refractivity contribution is 6.09. The van der Waals surface area contributed by atoms with E-state index < -0.39 is 11.6 Å². The molecule has 1 atom stereocenters. The van der Waals surface area contributed by atoms with Gasteiger partial charge in [-0.3, -0.25) is 10.1 Å². The lowest BCUT2D eigenvalue weighted by Crippen LogP contribution is -2.45. The van der Waals surface area contributed by atoms with Gasteiger partial charge in [0.1, 0.15) is 0 Å². The lowest BCUT2D eigenvalue weighted by Gasteiger charge is -2.29. The first kappa shape index (κ1) is 13.4. The zero-order chi connectivity index (χ0) is 15.0. The van der Waals surface area contributed by atoms with E-state index in [1.165, 1.54) is 0 Å². The third-order valence-electron chi connectivity index (χ3n) is 3.87. The van der Waals surface area contributed by atoms with Gasteiger partial charge < -0.3 is 5.32 Å². The number of benzene rings is 2. The van der Waals surface area contributed by atoms with E-state index in [2.05, 4.69) is 10.6 Å². The molecule has 0 aliphatic carbocycles. The molecular formula is C17H16N2O2. The molecule has 0 bridgehead atoms. The normalized spacial score (nSPS) is 21.0. The van der Waals surface area contributed by atoms with Crippen LogP contribution in [0.3, 0.4) is 0 Å². The maximum absolute atomic E-state index is 12.6. The predicted molar refractivity (Wildman–Crippen MR) is 79.8 cm³/mol. The molecule has 2 aromatic carbocycles. The second kappa shape index (κ2) is 4.74. The number of hydrogen-bond acceptors (Lipinski definition) is 2. The van der Waals surface area contributed by atoms with Crippen LogP contribution in [-0.4, -0.2) is 11.9 Å². The van der Waals surface area contributed by atoms with Crippen molar-refractivity contribution in [3.8, 4) is 0 Å². The van der Waals surface area contributed by atoms with Crippen LogP contribution in [0.5, 0.6) is 0 Å². The predicted octanol–water partition coefficient (Wildman–Crippen LogP) is 2.39. The Morgan fingerprint density at radius 3 is 2.29 bits per heavy atom. The average molecular weight is 280 g/mol. The summed E-state index contributed by atoms with van der Waals surface area (Å²) in [7, 11) is 0. The zero-order valence-electron chi connectivity index (χ0n) is 11.9. The van der Waals surface area contributed by atoms with E-state index >= 15 is 0 Å². The quantitative estimate of drug-likeness (QED) is 0.830. The molecule has 2 aromatic rings. The molecule has 4 nitrogen and oxygen atoms in total. The summed E-state index contributed by atoms with van der Waals surface area (Å²) < 4.78 is 0. The molecule has 1 saturated heterocycles. The molecule has 0 aromatic heterocycles. The van der Waals surface area contributed by atoms with Gasteiger partial charge in [-0.25, -0.2) is 4.79 Å². The van der Waals surface area contributed by atoms with Crippen molar-refractivity contribution >= 4 is 11.9 Å². The molecule has 1 heterocycles. The minimum Gasteiger partial charge on any atom is -0.316 e. The summed E-state index contributed by atoms with van der Waals surface area (Å²) in [6.07, 6.45) is 0.